The van der Waals surface area contributed by atoms with Crippen molar-refractivity contribution in [2.45, 2.75) is 105 Å². The molecule has 0 amide bonds. The van der Waals surface area contributed by atoms with E-state index in [-0.39, 0.29) is 28.4 Å². The highest BCUT2D eigenvalue weighted by Crippen LogP contribution is 2.56. The van der Waals surface area contributed by atoms with Crippen LogP contribution in [0.4, 0.5) is 34.1 Å². The number of hydrogen-bond acceptors (Lipinski definition) is 2. The first-order valence-corrected chi connectivity index (χ1v) is 36.7. The van der Waals surface area contributed by atoms with Crippen LogP contribution in [0.3, 0.4) is 0 Å². The molecule has 2 aliphatic heterocycles. The van der Waals surface area contributed by atoms with Crippen molar-refractivity contribution >= 4 is 57.2 Å². The Morgan fingerprint density at radius 3 is 0.845 bits per heavy atom. The third kappa shape index (κ3) is 12.4. The molecule has 14 aromatic rings. The lowest BCUT2D eigenvalue weighted by Crippen LogP contribution is -2.61. The average Bonchev–Trinajstić information content (AvgIpc) is 0.686. The van der Waals surface area contributed by atoms with Gasteiger partial charge in [-0.25, -0.2) is 0 Å². The summed E-state index contributed by atoms with van der Waals surface area (Å²) in [5, 5.41) is 0. The van der Waals surface area contributed by atoms with E-state index in [1.165, 1.54) is 66.5 Å². The van der Waals surface area contributed by atoms with Crippen LogP contribution in [0.25, 0.3) is 100 Å². The van der Waals surface area contributed by atoms with E-state index >= 15 is 0 Å². The minimum Gasteiger partial charge on any atom is -0.310 e. The van der Waals surface area contributed by atoms with E-state index in [9.17, 15) is 0 Å². The molecule has 0 saturated carbocycles. The molecule has 2 nitrogen and oxygen atoms in total. The summed E-state index contributed by atoms with van der Waals surface area (Å²) in [6.45, 7) is 27.9. The molecule has 103 heavy (non-hydrogen) atoms. The number of benzene rings is 14. The predicted molar refractivity (Wildman–Crippen MR) is 444 cm³/mol. The Morgan fingerprint density at radius 2 is 0.515 bits per heavy atom. The third-order valence-electron chi connectivity index (χ3n) is 21.4. The summed E-state index contributed by atoms with van der Waals surface area (Å²) in [6, 6.07) is 123. The molecule has 2 heterocycles. The Labute approximate surface area is 611 Å². The second-order valence-electron chi connectivity index (χ2n) is 32.5. The largest absolute Gasteiger partial charge is 0.310 e. The first-order chi connectivity index (χ1) is 49.6. The lowest BCUT2D eigenvalue weighted by Gasteiger charge is -2.46. The van der Waals surface area contributed by atoms with Gasteiger partial charge in [-0.05, 0) is 187 Å². The van der Waals surface area contributed by atoms with Crippen LogP contribution in [0.2, 0.25) is 0 Å². The van der Waals surface area contributed by atoms with Gasteiger partial charge >= 0.3 is 0 Å². The topological polar surface area (TPSA) is 6.48 Å². The zero-order valence-electron chi connectivity index (χ0n) is 61.6. The smallest absolute Gasteiger partial charge is 0.252 e. The van der Waals surface area contributed by atoms with Crippen molar-refractivity contribution in [1.29, 1.82) is 0 Å². The van der Waals surface area contributed by atoms with E-state index in [1.807, 2.05) is 0 Å². The van der Waals surface area contributed by atoms with Crippen molar-refractivity contribution in [2.24, 2.45) is 0 Å². The molecular formula is C100H89BN2. The highest BCUT2D eigenvalue weighted by atomic mass is 15.2. The van der Waals surface area contributed by atoms with Gasteiger partial charge in [0, 0.05) is 45.0 Å². The van der Waals surface area contributed by atoms with E-state index in [0.717, 1.165) is 106 Å². The molecule has 3 heteroatoms. The molecule has 0 saturated heterocycles. The summed E-state index contributed by atoms with van der Waals surface area (Å²) in [7, 11) is 0. The van der Waals surface area contributed by atoms with Crippen LogP contribution in [-0.4, -0.2) is 6.71 Å². The summed E-state index contributed by atoms with van der Waals surface area (Å²) in [5.74, 6) is 0. The second kappa shape index (κ2) is 26.0. The molecular weight excluding hydrogens is 1240 g/mol. The lowest BCUT2D eigenvalue weighted by atomic mass is 9.33. The number of nitrogens with zero attached hydrogens (tertiary/aromatic N) is 2. The molecule has 0 bridgehead atoms. The third-order valence-corrected chi connectivity index (χ3v) is 21.4. The number of fused-ring (bicyclic) bond motifs is 4. The Hall–Kier alpha value is -11.3. The van der Waals surface area contributed by atoms with Gasteiger partial charge in [-0.1, -0.05) is 356 Å². The van der Waals surface area contributed by atoms with Gasteiger partial charge in [0.1, 0.15) is 0 Å². The van der Waals surface area contributed by atoms with Crippen molar-refractivity contribution in [1.82, 2.24) is 0 Å². The quantitative estimate of drug-likeness (QED) is 0.119. The zero-order chi connectivity index (χ0) is 71.1. The fourth-order valence-corrected chi connectivity index (χ4v) is 15.9. The fourth-order valence-electron chi connectivity index (χ4n) is 15.9. The normalized spacial score (nSPS) is 12.8. The molecule has 0 fully saturated rings. The molecule has 0 atom stereocenters. The van der Waals surface area contributed by atoms with Gasteiger partial charge < -0.3 is 9.80 Å². The SMILES string of the molecule is CC(C)(C)c1cccc(-c2ccc3c(c2)B2c4cc(-c5cccc(C(C)(C)C)c5)ccc4N(c4c(-c5ccccc5)cc(-c5ccccc5)cc4-c4ccccc4)c4cc(-c5ccc(C(C)(C)C)cc5C(C)(C)C)cc(c42)N3c2c(-c3ccccc3)cc(-c3ccccc3)cc2-c2ccccc2)c1. The van der Waals surface area contributed by atoms with Gasteiger partial charge in [0.15, 0.2) is 0 Å². The lowest BCUT2D eigenvalue weighted by molar-refractivity contribution is 0.570. The number of anilines is 6. The first kappa shape index (κ1) is 66.3. The van der Waals surface area contributed by atoms with Gasteiger partial charge in [-0.3, -0.25) is 0 Å². The highest BCUT2D eigenvalue weighted by molar-refractivity contribution is 7.00. The van der Waals surface area contributed by atoms with E-state index < -0.39 is 0 Å². The Morgan fingerprint density at radius 1 is 0.204 bits per heavy atom. The van der Waals surface area contributed by atoms with Crippen molar-refractivity contribution in [3.63, 3.8) is 0 Å². The molecule has 0 N–H and O–H groups in total. The van der Waals surface area contributed by atoms with Crippen LogP contribution in [0.5, 0.6) is 0 Å². The Kier molecular flexibility index (Phi) is 16.7. The van der Waals surface area contributed by atoms with Crippen LogP contribution >= 0.6 is 0 Å². The van der Waals surface area contributed by atoms with Gasteiger partial charge in [0.2, 0.25) is 0 Å². The molecule has 0 aromatic heterocycles. The maximum atomic E-state index is 2.72. The van der Waals surface area contributed by atoms with E-state index in [2.05, 4.69) is 414 Å². The average molecular weight is 1330 g/mol. The van der Waals surface area contributed by atoms with Crippen LogP contribution in [0, 0.1) is 0 Å². The molecule has 0 radical (unpaired) electrons. The van der Waals surface area contributed by atoms with Gasteiger partial charge in [0.25, 0.3) is 6.71 Å². The van der Waals surface area contributed by atoms with Crippen LogP contribution in [-0.2, 0) is 21.7 Å². The van der Waals surface area contributed by atoms with Gasteiger partial charge in [-0.2, -0.15) is 0 Å². The van der Waals surface area contributed by atoms with E-state index in [1.54, 1.807) is 0 Å². The van der Waals surface area contributed by atoms with Crippen LogP contribution < -0.4 is 26.2 Å². The Bertz CT molecular complexity index is 5090. The molecule has 14 aromatic carbocycles. The van der Waals surface area contributed by atoms with E-state index in [0.29, 0.717) is 0 Å². The molecule has 502 valence electrons. The minimum atomic E-state index is -0.272. The summed E-state index contributed by atoms with van der Waals surface area (Å²) in [5.41, 5.74) is 36.1. The van der Waals surface area contributed by atoms with Crippen LogP contribution in [0.1, 0.15) is 105 Å². The molecule has 0 unspecified atom stereocenters. The summed E-state index contributed by atoms with van der Waals surface area (Å²) in [4.78, 5) is 5.44. The zero-order valence-corrected chi connectivity index (χ0v) is 61.6. The maximum absolute atomic E-state index is 2.72. The van der Waals surface area contributed by atoms with Crippen molar-refractivity contribution in [3.8, 4) is 100 Å². The first-order valence-electron chi connectivity index (χ1n) is 36.7. The summed E-state index contributed by atoms with van der Waals surface area (Å²) >= 11 is 0. The number of hydrogen-bond donors (Lipinski definition) is 0. The number of rotatable bonds is 11. The monoisotopic (exact) mass is 1330 g/mol. The molecule has 2 aliphatic rings. The Balaban J connectivity index is 1.13. The fraction of sp³-hybridized carbons (Fsp3) is 0.160. The van der Waals surface area contributed by atoms with Crippen molar-refractivity contribution < 1.29 is 0 Å². The van der Waals surface area contributed by atoms with E-state index in [4.69, 9.17) is 0 Å². The summed E-state index contributed by atoms with van der Waals surface area (Å²) in [6.07, 6.45) is 0. The van der Waals surface area contributed by atoms with Crippen molar-refractivity contribution in [3.05, 3.63) is 344 Å². The van der Waals surface area contributed by atoms with Crippen molar-refractivity contribution in [2.75, 3.05) is 9.80 Å². The second-order valence-corrected chi connectivity index (χ2v) is 32.5. The maximum Gasteiger partial charge on any atom is 0.252 e. The highest BCUT2D eigenvalue weighted by Gasteiger charge is 2.46. The van der Waals surface area contributed by atoms with Crippen LogP contribution in [0.15, 0.2) is 322 Å². The summed E-state index contributed by atoms with van der Waals surface area (Å²) < 4.78 is 0. The standard InChI is InChI=1S/C100H89BN2/c1-97(2,3)79-47-31-45-72(55-79)74-49-53-90-88(61-74)101-89-62-75(73-46-32-48-80(56-73)98(4,5)6)50-54-91(89)103(96-85(70-41-27-17-28-42-70)59-77(67-35-21-14-22-36-67)60-86(96)71-43-29-18-30-44-71)93-64-78(82-52-51-81(99(7,8)9)65-87(82)100(10,11)12)63-92(94(93)101)102(90)95-83(68-37-23-15-24-38-68)57-76(66-33-19-13-20-34-66)58-84(95)69-39-25-16-26-40-69/h13-65H,1-12H3. The van der Waals surface area contributed by atoms with Gasteiger partial charge in [0.05, 0.1) is 11.4 Å². The van der Waals surface area contributed by atoms with Gasteiger partial charge in [-0.15, -0.1) is 0 Å². The minimum absolute atomic E-state index is 0.0664. The molecule has 0 spiro atoms. The molecule has 0 aliphatic carbocycles. The predicted octanol–water partition coefficient (Wildman–Crippen LogP) is 26.0. The molecule has 16 rings (SSSR count).